The molecule has 2 atom stereocenters. The van der Waals surface area contributed by atoms with Crippen LogP contribution in [0.5, 0.6) is 0 Å². The Bertz CT molecular complexity index is 226. The molecule has 0 radical (unpaired) electrons. The van der Waals surface area contributed by atoms with Gasteiger partial charge in [-0.25, -0.2) is 0 Å². The summed E-state index contributed by atoms with van der Waals surface area (Å²) in [6.45, 7) is 8.57. The lowest BCUT2D eigenvalue weighted by Gasteiger charge is -2.17. The van der Waals surface area contributed by atoms with Crippen molar-refractivity contribution in [3.8, 4) is 0 Å². The number of aliphatic imine (C=N–C) groups is 1. The molecule has 0 rings (SSSR count). The summed E-state index contributed by atoms with van der Waals surface area (Å²) in [6, 6.07) is 0. The molecule has 0 aromatic rings. The van der Waals surface area contributed by atoms with Crippen LogP contribution in [0, 0.1) is 11.8 Å². The molecule has 0 amide bonds. The Morgan fingerprint density at radius 2 is 2.06 bits per heavy atom. The van der Waals surface area contributed by atoms with Crippen LogP contribution in [0.1, 0.15) is 46.0 Å². The fourth-order valence-electron chi connectivity index (χ4n) is 2.21. The van der Waals surface area contributed by atoms with Crippen LogP contribution in [-0.2, 0) is 0 Å². The molecule has 1 unspecified atom stereocenters. The van der Waals surface area contributed by atoms with Crippen molar-refractivity contribution in [1.29, 1.82) is 0 Å². The van der Waals surface area contributed by atoms with Gasteiger partial charge in [-0.1, -0.05) is 33.3 Å². The van der Waals surface area contributed by atoms with E-state index in [4.69, 9.17) is 0 Å². The Balaban J connectivity index is 4.02. The molecule has 0 bridgehead atoms. The Kier molecular flexibility index (Phi) is 10.0. The fraction of sp³-hybridized carbons (Fsp3) is 0.786. The zero-order valence-corrected chi connectivity index (χ0v) is 11.5. The molecule has 0 fully saturated rings. The van der Waals surface area contributed by atoms with Gasteiger partial charge in [-0.3, -0.25) is 4.99 Å². The average Bonchev–Trinajstić information content (AvgIpc) is 2.36. The van der Waals surface area contributed by atoms with Gasteiger partial charge in [0.25, 0.3) is 0 Å². The quantitative estimate of drug-likeness (QED) is 0.455. The van der Waals surface area contributed by atoms with Gasteiger partial charge in [0.1, 0.15) is 0 Å². The van der Waals surface area contributed by atoms with Gasteiger partial charge >= 0.3 is 0 Å². The van der Waals surface area contributed by atoms with E-state index in [-0.39, 0.29) is 0 Å². The smallest absolute Gasteiger partial charge is 0.0369 e. The van der Waals surface area contributed by atoms with Crippen LogP contribution in [0.15, 0.2) is 17.6 Å². The normalized spacial score (nSPS) is 15.6. The lowest BCUT2D eigenvalue weighted by molar-refractivity contribution is 0.277. The molecule has 0 heterocycles. The lowest BCUT2D eigenvalue weighted by atomic mass is 9.90. The van der Waals surface area contributed by atoms with Gasteiger partial charge in [0, 0.05) is 25.2 Å². The van der Waals surface area contributed by atoms with E-state index in [1.165, 1.54) is 0 Å². The summed E-state index contributed by atoms with van der Waals surface area (Å²) < 4.78 is 12.0. The minimum Gasteiger partial charge on any atom is -0.293 e. The van der Waals surface area contributed by atoms with Crippen molar-refractivity contribution in [2.45, 2.75) is 46.0 Å². The summed E-state index contributed by atoms with van der Waals surface area (Å²) in [5, 5.41) is 0. The van der Waals surface area contributed by atoms with Crippen LogP contribution in [-0.4, -0.2) is 19.3 Å². The molecular weight excluding hydrogens is 215 g/mol. The molecule has 0 aromatic carbocycles. The zero-order valence-electron chi connectivity index (χ0n) is 11.5. The number of hydrogen-bond donors (Lipinski definition) is 1. The Hall–Kier alpha value is -0.700. The Morgan fingerprint density at radius 1 is 1.35 bits per heavy atom. The largest absolute Gasteiger partial charge is 0.293 e. The molecule has 0 aliphatic heterocycles. The Morgan fingerprint density at radius 3 is 2.47 bits per heavy atom. The van der Waals surface area contributed by atoms with Gasteiger partial charge < -0.3 is 0 Å². The van der Waals surface area contributed by atoms with Crippen molar-refractivity contribution >= 4 is 5.71 Å². The first-order valence-electron chi connectivity index (χ1n) is 6.65. The Labute approximate surface area is 105 Å². The second kappa shape index (κ2) is 10.5. The van der Waals surface area contributed by atoms with Crippen LogP contribution in [0.3, 0.4) is 0 Å². The van der Waals surface area contributed by atoms with E-state index >= 15 is 0 Å². The highest BCUT2D eigenvalue weighted by Crippen LogP contribution is 2.19. The molecule has 17 heavy (non-hydrogen) atoms. The molecule has 0 saturated heterocycles. The number of rotatable bonds is 10. The molecule has 2 nitrogen and oxygen atoms in total. The summed E-state index contributed by atoms with van der Waals surface area (Å²) in [5.74, 6) is 0.955. The predicted octanol–water partition coefficient (Wildman–Crippen LogP) is 3.94. The second-order valence-electron chi connectivity index (χ2n) is 4.50. The minimum atomic E-state index is 0.447. The standard InChI is InChI=1S/C14H27FN2/c1-5-12(11-17-15)9-8-10-13(6-2)14(7-3)16-4/h7,12-13,17H,3,5-6,8-11H2,1-2,4H3/b16-14-/t12-,13?/m1/s1. The average molecular weight is 242 g/mol. The SMILES string of the molecule is C=C/C(=N/C)C(CC)CCC[C@@H](CC)CNF. The van der Waals surface area contributed by atoms with Crippen molar-refractivity contribution in [1.82, 2.24) is 5.54 Å². The summed E-state index contributed by atoms with van der Waals surface area (Å²) >= 11 is 0. The third-order valence-electron chi connectivity index (χ3n) is 3.49. The first-order chi connectivity index (χ1) is 8.23. The summed E-state index contributed by atoms with van der Waals surface area (Å²) in [6.07, 6.45) is 7.32. The van der Waals surface area contributed by atoms with E-state index in [1.807, 2.05) is 13.1 Å². The molecule has 100 valence electrons. The van der Waals surface area contributed by atoms with Gasteiger partial charge in [0.15, 0.2) is 0 Å². The third-order valence-corrected chi connectivity index (χ3v) is 3.49. The number of halogens is 1. The van der Waals surface area contributed by atoms with E-state index in [9.17, 15) is 4.48 Å². The molecule has 0 aliphatic rings. The van der Waals surface area contributed by atoms with E-state index in [1.54, 1.807) is 5.54 Å². The number of nitrogens with zero attached hydrogens (tertiary/aromatic N) is 1. The third kappa shape index (κ3) is 6.57. The molecule has 0 saturated carbocycles. The number of hydrogen-bond acceptors (Lipinski definition) is 2. The molecule has 0 aromatic heterocycles. The van der Waals surface area contributed by atoms with Crippen LogP contribution in [0.25, 0.3) is 0 Å². The van der Waals surface area contributed by atoms with Crippen molar-refractivity contribution in [2.75, 3.05) is 13.6 Å². The van der Waals surface area contributed by atoms with Crippen molar-refractivity contribution < 1.29 is 4.48 Å². The molecule has 0 spiro atoms. The first kappa shape index (κ1) is 16.3. The van der Waals surface area contributed by atoms with Crippen LogP contribution in [0.2, 0.25) is 0 Å². The van der Waals surface area contributed by atoms with Crippen LogP contribution in [0.4, 0.5) is 4.48 Å². The maximum atomic E-state index is 12.0. The lowest BCUT2D eigenvalue weighted by Crippen LogP contribution is -2.16. The molecular formula is C14H27FN2. The van der Waals surface area contributed by atoms with Gasteiger partial charge in [0.05, 0.1) is 0 Å². The topological polar surface area (TPSA) is 24.4 Å². The van der Waals surface area contributed by atoms with Crippen LogP contribution < -0.4 is 5.54 Å². The first-order valence-corrected chi connectivity index (χ1v) is 6.65. The maximum Gasteiger partial charge on any atom is 0.0369 e. The predicted molar refractivity (Wildman–Crippen MR) is 74.1 cm³/mol. The highest BCUT2D eigenvalue weighted by atomic mass is 19.2. The van der Waals surface area contributed by atoms with Crippen molar-refractivity contribution in [3.05, 3.63) is 12.7 Å². The van der Waals surface area contributed by atoms with E-state index in [2.05, 4.69) is 25.4 Å². The van der Waals surface area contributed by atoms with Gasteiger partial charge in [-0.15, -0.1) is 4.48 Å². The summed E-state index contributed by atoms with van der Waals surface area (Å²) in [4.78, 5) is 4.26. The van der Waals surface area contributed by atoms with Crippen molar-refractivity contribution in [2.24, 2.45) is 16.8 Å². The highest BCUT2D eigenvalue weighted by Gasteiger charge is 2.12. The highest BCUT2D eigenvalue weighted by molar-refractivity contribution is 5.96. The van der Waals surface area contributed by atoms with Gasteiger partial charge in [-0.05, 0) is 31.3 Å². The summed E-state index contributed by atoms with van der Waals surface area (Å²) in [5.41, 5.74) is 2.88. The number of allylic oxidation sites excluding steroid dienone is 1. The molecule has 1 N–H and O–H groups in total. The molecule has 0 aliphatic carbocycles. The van der Waals surface area contributed by atoms with E-state index in [0.29, 0.717) is 18.4 Å². The minimum absolute atomic E-state index is 0.447. The van der Waals surface area contributed by atoms with Gasteiger partial charge in [-0.2, -0.15) is 5.54 Å². The van der Waals surface area contributed by atoms with Crippen molar-refractivity contribution in [3.63, 3.8) is 0 Å². The zero-order chi connectivity index (χ0) is 13.1. The van der Waals surface area contributed by atoms with E-state index in [0.717, 1.165) is 37.8 Å². The van der Waals surface area contributed by atoms with E-state index < -0.39 is 0 Å². The second-order valence-corrected chi connectivity index (χ2v) is 4.50. The summed E-state index contributed by atoms with van der Waals surface area (Å²) in [7, 11) is 1.82. The van der Waals surface area contributed by atoms with Gasteiger partial charge in [0.2, 0.25) is 0 Å². The number of nitrogens with one attached hydrogen (secondary N) is 1. The maximum absolute atomic E-state index is 12.0. The molecule has 3 heteroatoms. The van der Waals surface area contributed by atoms with Crippen LogP contribution >= 0.6 is 0 Å². The monoisotopic (exact) mass is 242 g/mol. The fourth-order valence-corrected chi connectivity index (χ4v) is 2.21.